The van der Waals surface area contributed by atoms with Crippen molar-refractivity contribution in [2.75, 3.05) is 32.6 Å². The maximum absolute atomic E-state index is 13.5. The number of methoxy groups -OCH3 is 2. The highest BCUT2D eigenvalue weighted by Crippen LogP contribution is 2.29. The second kappa shape index (κ2) is 11.9. The lowest BCUT2D eigenvalue weighted by atomic mass is 10.1. The molecule has 0 bridgehead atoms. The van der Waals surface area contributed by atoms with Crippen molar-refractivity contribution in [3.8, 4) is 11.5 Å². The van der Waals surface area contributed by atoms with Crippen LogP contribution in [0.4, 0.5) is 10.5 Å². The number of ether oxygens (including phenoxy) is 2. The number of hydrogen-bond acceptors (Lipinski definition) is 5. The highest BCUT2D eigenvalue weighted by molar-refractivity contribution is 6.30. The van der Waals surface area contributed by atoms with Crippen molar-refractivity contribution in [2.45, 2.75) is 31.8 Å². The summed E-state index contributed by atoms with van der Waals surface area (Å²) in [7, 11) is 3.19. The van der Waals surface area contributed by atoms with Crippen molar-refractivity contribution in [3.05, 3.63) is 77.2 Å². The van der Waals surface area contributed by atoms with Gasteiger partial charge in [-0.05, 0) is 73.4 Å². The molecule has 1 fully saturated rings. The molecule has 1 aliphatic rings. The van der Waals surface area contributed by atoms with Gasteiger partial charge in [0.05, 0.1) is 27.0 Å². The molecule has 2 aromatic carbocycles. The predicted molar refractivity (Wildman–Crippen MR) is 138 cm³/mol. The van der Waals surface area contributed by atoms with Gasteiger partial charge in [0.2, 0.25) is 5.91 Å². The minimum absolute atomic E-state index is 0.0171. The smallest absolute Gasteiger partial charge is 0.322 e. The van der Waals surface area contributed by atoms with E-state index in [0.29, 0.717) is 47.5 Å². The number of benzene rings is 2. The van der Waals surface area contributed by atoms with Crippen molar-refractivity contribution in [3.63, 3.8) is 0 Å². The molecule has 190 valence electrons. The monoisotopic (exact) mass is 511 g/mol. The Balaban J connectivity index is 1.45. The van der Waals surface area contributed by atoms with Crippen LogP contribution >= 0.6 is 11.6 Å². The van der Waals surface area contributed by atoms with Crippen LogP contribution in [0, 0.1) is 0 Å². The summed E-state index contributed by atoms with van der Waals surface area (Å²) in [5.74, 6) is 1.82. The highest BCUT2D eigenvalue weighted by Gasteiger charge is 2.35. The Hall–Kier alpha value is -3.65. The number of carbonyl (C=O) groups excluding carboxylic acids is 2. The molecule has 0 atom stereocenters. The van der Waals surface area contributed by atoms with E-state index in [1.165, 1.54) is 0 Å². The van der Waals surface area contributed by atoms with Crippen LogP contribution in [0.1, 0.15) is 24.2 Å². The summed E-state index contributed by atoms with van der Waals surface area (Å²) in [6.07, 6.45) is 3.95. The highest BCUT2D eigenvalue weighted by atomic mass is 35.5. The number of nitrogens with one attached hydrogen (secondary N) is 1. The van der Waals surface area contributed by atoms with E-state index < -0.39 is 0 Å². The first kappa shape index (κ1) is 25.4. The summed E-state index contributed by atoms with van der Waals surface area (Å²) < 4.78 is 16.2. The van der Waals surface area contributed by atoms with Crippen LogP contribution in [0.25, 0.3) is 0 Å². The van der Waals surface area contributed by atoms with Gasteiger partial charge in [0, 0.05) is 23.3 Å². The molecule has 1 aromatic heterocycles. The average Bonchev–Trinajstić information content (AvgIpc) is 3.60. The maximum atomic E-state index is 13.5. The zero-order valence-corrected chi connectivity index (χ0v) is 21.2. The Labute approximate surface area is 215 Å². The number of anilines is 1. The molecule has 8 nitrogen and oxygen atoms in total. The van der Waals surface area contributed by atoms with E-state index in [9.17, 15) is 9.59 Å². The molecule has 1 heterocycles. The number of nitrogens with zero attached hydrogens (tertiary/aromatic N) is 2. The molecular weight excluding hydrogens is 482 g/mol. The first-order chi connectivity index (χ1) is 17.5. The van der Waals surface area contributed by atoms with Crippen LogP contribution in [0.2, 0.25) is 5.02 Å². The number of rotatable bonds is 11. The van der Waals surface area contributed by atoms with Gasteiger partial charge in [-0.1, -0.05) is 17.7 Å². The SMILES string of the molecule is COc1ccc(CCN(Cc2ccco2)C(=O)CN(C(=O)Nc2ccc(Cl)cc2)C2CC2)cc1OC. The molecule has 0 spiro atoms. The fourth-order valence-corrected chi connectivity index (χ4v) is 4.04. The zero-order valence-electron chi connectivity index (χ0n) is 20.4. The van der Waals surface area contributed by atoms with Crippen LogP contribution in [0.3, 0.4) is 0 Å². The molecule has 4 rings (SSSR count). The number of urea groups is 1. The van der Waals surface area contributed by atoms with E-state index in [1.807, 2.05) is 24.3 Å². The maximum Gasteiger partial charge on any atom is 0.322 e. The third kappa shape index (κ3) is 6.73. The van der Waals surface area contributed by atoms with Crippen LogP contribution < -0.4 is 14.8 Å². The van der Waals surface area contributed by atoms with Gasteiger partial charge in [0.15, 0.2) is 11.5 Å². The standard InChI is InChI=1S/C27H30ClN3O5/c1-34-24-12-5-19(16-25(24)35-2)13-14-30(17-23-4-3-15-36-23)26(32)18-31(22-10-11-22)27(33)29-21-8-6-20(28)7-9-21/h3-9,12,15-16,22H,10-11,13-14,17-18H2,1-2H3,(H,29,33). The Bertz CT molecular complexity index is 1160. The van der Waals surface area contributed by atoms with Crippen molar-refractivity contribution in [2.24, 2.45) is 0 Å². The van der Waals surface area contributed by atoms with Crippen molar-refractivity contribution in [1.29, 1.82) is 0 Å². The Morgan fingerprint density at radius 1 is 1.06 bits per heavy atom. The van der Waals surface area contributed by atoms with Crippen LogP contribution in [0.15, 0.2) is 65.3 Å². The molecule has 1 saturated carbocycles. The number of halogens is 1. The molecule has 0 unspecified atom stereocenters. The summed E-state index contributed by atoms with van der Waals surface area (Å²) in [6, 6.07) is 16.0. The topological polar surface area (TPSA) is 84.2 Å². The molecule has 36 heavy (non-hydrogen) atoms. The van der Waals surface area contributed by atoms with Crippen LogP contribution in [0.5, 0.6) is 11.5 Å². The third-order valence-electron chi connectivity index (χ3n) is 6.05. The molecule has 0 saturated heterocycles. The van der Waals surface area contributed by atoms with Gasteiger partial charge in [-0.25, -0.2) is 4.79 Å². The first-order valence-corrected chi connectivity index (χ1v) is 12.2. The lowest BCUT2D eigenvalue weighted by Gasteiger charge is -2.27. The average molecular weight is 512 g/mol. The molecule has 0 radical (unpaired) electrons. The van der Waals surface area contributed by atoms with E-state index in [-0.39, 0.29) is 24.5 Å². The number of amides is 3. The van der Waals surface area contributed by atoms with Gasteiger partial charge in [0.25, 0.3) is 0 Å². The first-order valence-electron chi connectivity index (χ1n) is 11.8. The van der Waals surface area contributed by atoms with E-state index in [1.54, 1.807) is 60.6 Å². The van der Waals surface area contributed by atoms with Crippen LogP contribution in [-0.2, 0) is 17.8 Å². The second-order valence-corrected chi connectivity index (χ2v) is 9.07. The van der Waals surface area contributed by atoms with Gasteiger partial charge in [-0.3, -0.25) is 4.79 Å². The lowest BCUT2D eigenvalue weighted by molar-refractivity contribution is -0.132. The van der Waals surface area contributed by atoms with Gasteiger partial charge in [-0.15, -0.1) is 0 Å². The van der Waals surface area contributed by atoms with E-state index in [0.717, 1.165) is 18.4 Å². The van der Waals surface area contributed by atoms with E-state index >= 15 is 0 Å². The summed E-state index contributed by atoms with van der Waals surface area (Å²) in [5.41, 5.74) is 1.63. The summed E-state index contributed by atoms with van der Waals surface area (Å²) >= 11 is 5.94. The van der Waals surface area contributed by atoms with E-state index in [2.05, 4.69) is 5.32 Å². The minimum atomic E-state index is -0.300. The minimum Gasteiger partial charge on any atom is -0.493 e. The molecule has 1 aliphatic carbocycles. The van der Waals surface area contributed by atoms with Crippen LogP contribution in [-0.4, -0.2) is 55.1 Å². The molecule has 3 aromatic rings. The number of hydrogen-bond donors (Lipinski definition) is 1. The van der Waals surface area contributed by atoms with Crippen molar-refractivity contribution >= 4 is 29.2 Å². The lowest BCUT2D eigenvalue weighted by Crippen LogP contribution is -2.45. The number of carbonyl (C=O) groups is 2. The molecule has 1 N–H and O–H groups in total. The zero-order chi connectivity index (χ0) is 25.5. The molecule has 0 aliphatic heterocycles. The molecule has 9 heteroatoms. The Kier molecular flexibility index (Phi) is 8.38. The Morgan fingerprint density at radius 3 is 2.44 bits per heavy atom. The van der Waals surface area contributed by atoms with Gasteiger partial charge in [0.1, 0.15) is 12.3 Å². The van der Waals surface area contributed by atoms with E-state index in [4.69, 9.17) is 25.5 Å². The third-order valence-corrected chi connectivity index (χ3v) is 6.30. The fraction of sp³-hybridized carbons (Fsp3) is 0.333. The quantitative estimate of drug-likeness (QED) is 0.381. The summed E-state index contributed by atoms with van der Waals surface area (Å²) in [4.78, 5) is 29.8. The van der Waals surface area contributed by atoms with Gasteiger partial charge >= 0.3 is 6.03 Å². The Morgan fingerprint density at radius 2 is 1.81 bits per heavy atom. The largest absolute Gasteiger partial charge is 0.493 e. The fourth-order valence-electron chi connectivity index (χ4n) is 3.91. The second-order valence-electron chi connectivity index (χ2n) is 8.63. The van der Waals surface area contributed by atoms with Crippen molar-refractivity contribution in [1.82, 2.24) is 9.80 Å². The summed E-state index contributed by atoms with van der Waals surface area (Å²) in [6.45, 7) is 0.749. The number of furan rings is 1. The summed E-state index contributed by atoms with van der Waals surface area (Å²) in [5, 5.41) is 3.46. The van der Waals surface area contributed by atoms with Gasteiger partial charge < -0.3 is 29.0 Å². The van der Waals surface area contributed by atoms with Gasteiger partial charge in [-0.2, -0.15) is 0 Å². The normalized spacial score (nSPS) is 12.6. The van der Waals surface area contributed by atoms with Crippen molar-refractivity contribution < 1.29 is 23.5 Å². The molecule has 3 amide bonds. The molecular formula is C27H30ClN3O5. The predicted octanol–water partition coefficient (Wildman–Crippen LogP) is 5.22.